The summed E-state index contributed by atoms with van der Waals surface area (Å²) < 4.78 is 4.12. The Morgan fingerprint density at radius 2 is 1.67 bits per heavy atom. The van der Waals surface area contributed by atoms with E-state index in [2.05, 4.69) is 29.0 Å². The van der Waals surface area contributed by atoms with E-state index in [1.807, 2.05) is 25.3 Å². The Hall–Kier alpha value is -1.50. The fourth-order valence-corrected chi connectivity index (χ4v) is 1.32. The fourth-order valence-electron chi connectivity index (χ4n) is 1.32. The van der Waals surface area contributed by atoms with Gasteiger partial charge in [0.2, 0.25) is 0 Å². The molecule has 0 fully saturated rings. The molecule has 60 valence electrons. The van der Waals surface area contributed by atoms with Gasteiger partial charge in [0.1, 0.15) is 0 Å². The van der Waals surface area contributed by atoms with E-state index in [0.717, 1.165) is 5.75 Å². The van der Waals surface area contributed by atoms with Gasteiger partial charge in [-0.25, -0.2) is 0 Å². The normalized spacial score (nSPS) is 10.1. The molecule has 0 aliphatic carbocycles. The molecule has 0 amide bonds. The van der Waals surface area contributed by atoms with E-state index in [1.165, 1.54) is 10.8 Å². The topological polar surface area (TPSA) is 12.8 Å². The molecule has 0 bridgehead atoms. The number of aromatic hydroxyl groups is 1. The SMILES string of the molecule is C[OH+]c1ccc2ccccc2c1. The first-order valence-corrected chi connectivity index (χ1v) is 3.99. The minimum atomic E-state index is 1.04. The third kappa shape index (κ3) is 1.14. The Kier molecular flexibility index (Phi) is 1.71. The van der Waals surface area contributed by atoms with E-state index in [9.17, 15) is 0 Å². The van der Waals surface area contributed by atoms with Gasteiger partial charge in [0.05, 0.1) is 0 Å². The van der Waals surface area contributed by atoms with Crippen LogP contribution in [0.1, 0.15) is 0 Å². The minimum absolute atomic E-state index is 1.04. The van der Waals surface area contributed by atoms with Crippen LogP contribution in [0.2, 0.25) is 0 Å². The van der Waals surface area contributed by atoms with Crippen molar-refractivity contribution in [3.63, 3.8) is 0 Å². The van der Waals surface area contributed by atoms with Crippen LogP contribution in [0.25, 0.3) is 10.8 Å². The molecule has 0 saturated heterocycles. The molecule has 2 aromatic carbocycles. The number of ether oxygens (including phenoxy) is 1. The van der Waals surface area contributed by atoms with Crippen molar-refractivity contribution < 1.29 is 4.74 Å². The summed E-state index contributed by atoms with van der Waals surface area (Å²) in [5, 5.41) is 2.52. The zero-order chi connectivity index (χ0) is 8.39. The highest BCUT2D eigenvalue weighted by Gasteiger charge is 1.96. The molecule has 1 heteroatoms. The predicted octanol–water partition coefficient (Wildman–Crippen LogP) is 2.71. The number of hydrogen-bond donors (Lipinski definition) is 0. The highest BCUT2D eigenvalue weighted by molar-refractivity contribution is 5.83. The molecule has 0 radical (unpaired) electrons. The summed E-state index contributed by atoms with van der Waals surface area (Å²) in [6, 6.07) is 14.5. The van der Waals surface area contributed by atoms with Crippen LogP contribution in [0.15, 0.2) is 42.5 Å². The number of fused-ring (bicyclic) bond motifs is 1. The summed E-state index contributed by atoms with van der Waals surface area (Å²) in [5.74, 6) is 1.04. The molecular formula is C11H11O+. The van der Waals surface area contributed by atoms with Crippen LogP contribution in [-0.2, 0) is 0 Å². The summed E-state index contributed by atoms with van der Waals surface area (Å²) in [6.07, 6.45) is 0. The molecule has 0 spiro atoms. The van der Waals surface area contributed by atoms with Gasteiger partial charge in [0.25, 0.3) is 5.75 Å². The first-order valence-electron chi connectivity index (χ1n) is 3.99. The number of hydrogen-bond acceptors (Lipinski definition) is 0. The summed E-state index contributed by atoms with van der Waals surface area (Å²) in [5.41, 5.74) is 0. The van der Waals surface area contributed by atoms with Crippen LogP contribution < -0.4 is 0 Å². The van der Waals surface area contributed by atoms with Gasteiger partial charge >= 0.3 is 0 Å². The van der Waals surface area contributed by atoms with Crippen molar-refractivity contribution in [2.45, 2.75) is 0 Å². The Bertz CT molecular complexity index is 393. The molecule has 1 nitrogen and oxygen atoms in total. The minimum Gasteiger partial charge on any atom is -0.585 e. The number of rotatable bonds is 1. The zero-order valence-corrected chi connectivity index (χ0v) is 6.99. The lowest BCUT2D eigenvalue weighted by molar-refractivity contribution is 0.137. The van der Waals surface area contributed by atoms with Crippen LogP contribution in [0.4, 0.5) is 0 Å². The average Bonchev–Trinajstić information content (AvgIpc) is 2.17. The van der Waals surface area contributed by atoms with Crippen molar-refractivity contribution in [3.8, 4) is 5.75 Å². The summed E-state index contributed by atoms with van der Waals surface area (Å²) >= 11 is 0. The van der Waals surface area contributed by atoms with E-state index >= 15 is 0 Å². The van der Waals surface area contributed by atoms with Gasteiger partial charge in [-0.3, -0.25) is 0 Å². The summed E-state index contributed by atoms with van der Waals surface area (Å²) in [4.78, 5) is 0. The van der Waals surface area contributed by atoms with Gasteiger partial charge in [0.15, 0.2) is 7.11 Å². The predicted molar refractivity (Wildman–Crippen MR) is 51.5 cm³/mol. The Morgan fingerprint density at radius 3 is 2.42 bits per heavy atom. The fraction of sp³-hybridized carbons (Fsp3) is 0.0909. The largest absolute Gasteiger partial charge is 0.585 e. The van der Waals surface area contributed by atoms with Gasteiger partial charge < -0.3 is 4.74 Å². The van der Waals surface area contributed by atoms with E-state index in [0.29, 0.717) is 0 Å². The molecule has 0 aromatic heterocycles. The Morgan fingerprint density at radius 1 is 0.917 bits per heavy atom. The monoisotopic (exact) mass is 159 g/mol. The summed E-state index contributed by atoms with van der Waals surface area (Å²) in [6.45, 7) is 0. The highest BCUT2D eigenvalue weighted by atomic mass is 16.5. The van der Waals surface area contributed by atoms with E-state index in [1.54, 1.807) is 0 Å². The molecule has 0 heterocycles. The zero-order valence-electron chi connectivity index (χ0n) is 6.99. The molecule has 0 aliphatic rings. The Balaban J connectivity index is 2.67. The van der Waals surface area contributed by atoms with Crippen molar-refractivity contribution in [2.75, 3.05) is 7.11 Å². The second-order valence-corrected chi connectivity index (χ2v) is 2.76. The third-order valence-electron chi connectivity index (χ3n) is 1.99. The maximum absolute atomic E-state index is 4.12. The van der Waals surface area contributed by atoms with Crippen LogP contribution >= 0.6 is 0 Å². The lowest BCUT2D eigenvalue weighted by atomic mass is 10.1. The van der Waals surface area contributed by atoms with Gasteiger partial charge in [-0.15, -0.1) is 0 Å². The molecule has 1 N–H and O–H groups in total. The van der Waals surface area contributed by atoms with E-state index < -0.39 is 0 Å². The quantitative estimate of drug-likeness (QED) is 0.567. The molecular weight excluding hydrogens is 148 g/mol. The van der Waals surface area contributed by atoms with Gasteiger partial charge in [-0.2, -0.15) is 0 Å². The van der Waals surface area contributed by atoms with Crippen molar-refractivity contribution in [1.29, 1.82) is 0 Å². The van der Waals surface area contributed by atoms with Crippen LogP contribution in [0.3, 0.4) is 0 Å². The standard InChI is InChI=1S/C11H10O/c1-12-11-7-6-9-4-2-3-5-10(9)8-11/h2-8H,1H3/p+1. The summed E-state index contributed by atoms with van der Waals surface area (Å²) in [7, 11) is 1.81. The van der Waals surface area contributed by atoms with Crippen LogP contribution in [0.5, 0.6) is 5.75 Å². The molecule has 0 saturated carbocycles. The van der Waals surface area contributed by atoms with Crippen molar-refractivity contribution in [1.82, 2.24) is 0 Å². The maximum atomic E-state index is 4.12. The van der Waals surface area contributed by atoms with E-state index in [-0.39, 0.29) is 0 Å². The van der Waals surface area contributed by atoms with E-state index in [4.69, 9.17) is 0 Å². The molecule has 12 heavy (non-hydrogen) atoms. The number of aliphatic hydroxyl groups is 1. The van der Waals surface area contributed by atoms with Gasteiger partial charge in [-0.05, 0) is 16.8 Å². The second kappa shape index (κ2) is 2.86. The Labute approximate surface area is 71.6 Å². The third-order valence-corrected chi connectivity index (χ3v) is 1.99. The molecule has 2 rings (SSSR count). The first kappa shape index (κ1) is 7.17. The van der Waals surface area contributed by atoms with Gasteiger partial charge in [0, 0.05) is 12.1 Å². The molecule has 0 aliphatic heterocycles. The molecule has 0 unspecified atom stereocenters. The van der Waals surface area contributed by atoms with Crippen molar-refractivity contribution in [2.24, 2.45) is 0 Å². The van der Waals surface area contributed by atoms with Crippen molar-refractivity contribution in [3.05, 3.63) is 42.5 Å². The lowest BCUT2D eigenvalue weighted by Gasteiger charge is -1.98. The first-order chi connectivity index (χ1) is 5.90. The lowest BCUT2D eigenvalue weighted by Crippen LogP contribution is -1.77. The van der Waals surface area contributed by atoms with Crippen LogP contribution in [-0.4, -0.2) is 11.8 Å². The smallest absolute Gasteiger partial charge is 0.255 e. The average molecular weight is 159 g/mol. The number of benzene rings is 2. The van der Waals surface area contributed by atoms with Crippen LogP contribution in [0, 0.1) is 0 Å². The van der Waals surface area contributed by atoms with Crippen molar-refractivity contribution >= 4 is 10.8 Å². The molecule has 0 atom stereocenters. The highest BCUT2D eigenvalue weighted by Crippen LogP contribution is 2.20. The maximum Gasteiger partial charge on any atom is 0.255 e. The van der Waals surface area contributed by atoms with Gasteiger partial charge in [-0.1, -0.05) is 24.3 Å². The second-order valence-electron chi connectivity index (χ2n) is 2.76. The molecule has 2 aromatic rings.